The molecular formula is C25H22FN3O5S. The summed E-state index contributed by atoms with van der Waals surface area (Å²) in [6.07, 6.45) is 0.686. The molecule has 0 radical (unpaired) electrons. The third-order valence-corrected chi connectivity index (χ3v) is 6.62. The first-order valence-electron chi connectivity index (χ1n) is 11.2. The minimum absolute atomic E-state index is 0.0324. The van der Waals surface area contributed by atoms with Gasteiger partial charge in [0.25, 0.3) is 5.91 Å². The van der Waals surface area contributed by atoms with Crippen molar-refractivity contribution in [3.05, 3.63) is 74.3 Å². The molecule has 3 heterocycles. The number of carbonyl (C=O) groups is 1. The van der Waals surface area contributed by atoms with E-state index >= 15 is 0 Å². The summed E-state index contributed by atoms with van der Waals surface area (Å²) < 4.78 is 25.4. The molecule has 1 aliphatic heterocycles. The molecule has 0 saturated carbocycles. The van der Waals surface area contributed by atoms with Crippen LogP contribution in [0.2, 0.25) is 0 Å². The van der Waals surface area contributed by atoms with Crippen LogP contribution in [0.25, 0.3) is 11.0 Å². The van der Waals surface area contributed by atoms with Crippen LogP contribution in [0.5, 0.6) is 11.5 Å². The van der Waals surface area contributed by atoms with Crippen LogP contribution in [-0.4, -0.2) is 27.8 Å². The standard InChI is InChI=1S/C25H22FN3O5S/c1-4-33-18-10-13(5-7-16(18)30)21-20-22(31)15-11-14(26)6-8-17(15)34-23(20)24(32)29(21)25-28-27-19(35-25)9-12(2)3/h5-8,10-12,21,30H,4,9H2,1-3H3. The molecule has 0 bridgehead atoms. The SMILES string of the molecule is CCOc1cc(C2c3c(oc4ccc(F)cc4c3=O)C(=O)N2c2nnc(CC(C)C)s2)ccc1O. The van der Waals surface area contributed by atoms with Gasteiger partial charge < -0.3 is 14.3 Å². The first kappa shape index (κ1) is 23.0. The molecule has 1 N–H and O–H groups in total. The second-order valence-corrected chi connectivity index (χ2v) is 9.67. The molecule has 0 saturated heterocycles. The zero-order chi connectivity index (χ0) is 24.9. The number of phenols is 1. The molecule has 4 aromatic rings. The first-order chi connectivity index (χ1) is 16.8. The number of rotatable bonds is 6. The molecule has 2 aromatic carbocycles. The summed E-state index contributed by atoms with van der Waals surface area (Å²) in [6, 6.07) is 7.28. The van der Waals surface area contributed by atoms with Crippen molar-refractivity contribution in [1.29, 1.82) is 0 Å². The Kier molecular flexibility index (Phi) is 5.76. The van der Waals surface area contributed by atoms with Crippen molar-refractivity contribution in [2.45, 2.75) is 33.2 Å². The Balaban J connectivity index is 1.75. The second-order valence-electron chi connectivity index (χ2n) is 8.63. The highest BCUT2D eigenvalue weighted by atomic mass is 32.1. The van der Waals surface area contributed by atoms with E-state index in [1.165, 1.54) is 34.4 Å². The monoisotopic (exact) mass is 495 g/mol. The van der Waals surface area contributed by atoms with Crippen LogP contribution in [0.4, 0.5) is 9.52 Å². The summed E-state index contributed by atoms with van der Waals surface area (Å²) in [6.45, 7) is 6.20. The lowest BCUT2D eigenvalue weighted by atomic mass is 9.98. The Hall–Kier alpha value is -3.79. The van der Waals surface area contributed by atoms with Crippen molar-refractivity contribution in [1.82, 2.24) is 10.2 Å². The number of aromatic nitrogens is 2. The Bertz CT molecular complexity index is 1510. The number of carbonyl (C=O) groups excluding carboxylic acids is 1. The summed E-state index contributed by atoms with van der Waals surface area (Å²) in [5.74, 6) is -0.799. The molecule has 2 aromatic heterocycles. The second kappa shape index (κ2) is 8.77. The van der Waals surface area contributed by atoms with Crippen LogP contribution < -0.4 is 15.1 Å². The van der Waals surface area contributed by atoms with Crippen LogP contribution in [0.15, 0.2) is 45.6 Å². The van der Waals surface area contributed by atoms with E-state index in [0.29, 0.717) is 29.6 Å². The summed E-state index contributed by atoms with van der Waals surface area (Å²) in [5.41, 5.74) is 0.172. The average Bonchev–Trinajstić information content (AvgIpc) is 3.38. The molecule has 0 aliphatic carbocycles. The van der Waals surface area contributed by atoms with E-state index < -0.39 is 23.2 Å². The summed E-state index contributed by atoms with van der Waals surface area (Å²) in [7, 11) is 0. The third-order valence-electron chi connectivity index (χ3n) is 5.68. The molecule has 1 amide bonds. The maximum absolute atomic E-state index is 14.0. The van der Waals surface area contributed by atoms with Gasteiger partial charge in [0.1, 0.15) is 16.4 Å². The number of fused-ring (bicyclic) bond motifs is 2. The number of halogens is 1. The van der Waals surface area contributed by atoms with Crippen LogP contribution >= 0.6 is 11.3 Å². The van der Waals surface area contributed by atoms with E-state index in [0.717, 1.165) is 11.1 Å². The quantitative estimate of drug-likeness (QED) is 0.408. The zero-order valence-corrected chi connectivity index (χ0v) is 20.1. The number of amides is 1. The Morgan fingerprint density at radius 1 is 1.20 bits per heavy atom. The molecular weight excluding hydrogens is 473 g/mol. The number of hydrogen-bond donors (Lipinski definition) is 1. The van der Waals surface area contributed by atoms with Crippen molar-refractivity contribution in [3.8, 4) is 11.5 Å². The number of benzene rings is 2. The highest BCUT2D eigenvalue weighted by Crippen LogP contribution is 2.44. The van der Waals surface area contributed by atoms with Crippen molar-refractivity contribution in [2.24, 2.45) is 5.92 Å². The maximum atomic E-state index is 14.0. The van der Waals surface area contributed by atoms with Gasteiger partial charge in [-0.25, -0.2) is 4.39 Å². The highest BCUT2D eigenvalue weighted by molar-refractivity contribution is 7.15. The van der Waals surface area contributed by atoms with Gasteiger partial charge in [-0.1, -0.05) is 31.3 Å². The number of hydrogen-bond acceptors (Lipinski definition) is 8. The molecule has 5 rings (SSSR count). The van der Waals surface area contributed by atoms with Gasteiger partial charge in [0.2, 0.25) is 10.9 Å². The van der Waals surface area contributed by atoms with Gasteiger partial charge >= 0.3 is 0 Å². The fourth-order valence-corrected chi connectivity index (χ4v) is 5.28. The number of ether oxygens (including phenoxy) is 1. The molecule has 8 nitrogen and oxygen atoms in total. The predicted molar refractivity (Wildman–Crippen MR) is 129 cm³/mol. The zero-order valence-electron chi connectivity index (χ0n) is 19.2. The van der Waals surface area contributed by atoms with E-state index in [1.807, 2.05) is 0 Å². The van der Waals surface area contributed by atoms with Crippen molar-refractivity contribution < 1.29 is 23.4 Å². The summed E-state index contributed by atoms with van der Waals surface area (Å²) >= 11 is 1.26. The van der Waals surface area contributed by atoms with Crippen molar-refractivity contribution in [2.75, 3.05) is 11.5 Å². The van der Waals surface area contributed by atoms with E-state index in [9.17, 15) is 19.1 Å². The third kappa shape index (κ3) is 3.93. The smallest absolute Gasteiger partial charge is 0.297 e. The Morgan fingerprint density at radius 3 is 2.74 bits per heavy atom. The van der Waals surface area contributed by atoms with Crippen LogP contribution in [0.1, 0.15) is 53.5 Å². The van der Waals surface area contributed by atoms with Crippen molar-refractivity contribution in [3.63, 3.8) is 0 Å². The van der Waals surface area contributed by atoms with E-state index in [1.54, 1.807) is 19.1 Å². The fourth-order valence-electron chi connectivity index (χ4n) is 4.20. The summed E-state index contributed by atoms with van der Waals surface area (Å²) in [5, 5.41) is 19.8. The molecule has 1 aliphatic rings. The molecule has 0 fully saturated rings. The van der Waals surface area contributed by atoms with Gasteiger partial charge in [-0.2, -0.15) is 0 Å². The van der Waals surface area contributed by atoms with Gasteiger partial charge in [-0.3, -0.25) is 14.5 Å². The predicted octanol–water partition coefficient (Wildman–Crippen LogP) is 4.84. The minimum atomic E-state index is -0.930. The van der Waals surface area contributed by atoms with Crippen LogP contribution in [-0.2, 0) is 6.42 Å². The lowest BCUT2D eigenvalue weighted by Gasteiger charge is -2.22. The number of phenolic OH excluding ortho intramolecular Hbond substituents is 1. The number of nitrogens with zero attached hydrogens (tertiary/aromatic N) is 3. The van der Waals surface area contributed by atoms with E-state index in [2.05, 4.69) is 24.0 Å². The van der Waals surface area contributed by atoms with Crippen LogP contribution in [0.3, 0.4) is 0 Å². The van der Waals surface area contributed by atoms with E-state index in [-0.39, 0.29) is 33.8 Å². The highest BCUT2D eigenvalue weighted by Gasteiger charge is 2.45. The lowest BCUT2D eigenvalue weighted by Crippen LogP contribution is -2.29. The summed E-state index contributed by atoms with van der Waals surface area (Å²) in [4.78, 5) is 28.6. The van der Waals surface area contributed by atoms with Gasteiger partial charge in [-0.05, 0) is 48.7 Å². The first-order valence-corrected chi connectivity index (χ1v) is 12.0. The maximum Gasteiger partial charge on any atom is 0.297 e. The average molecular weight is 496 g/mol. The number of aromatic hydroxyl groups is 1. The van der Waals surface area contributed by atoms with Gasteiger partial charge in [0.05, 0.1) is 23.6 Å². The van der Waals surface area contributed by atoms with Crippen molar-refractivity contribution >= 4 is 33.3 Å². The molecule has 180 valence electrons. The minimum Gasteiger partial charge on any atom is -0.504 e. The molecule has 0 spiro atoms. The largest absolute Gasteiger partial charge is 0.504 e. The van der Waals surface area contributed by atoms with Gasteiger partial charge in [-0.15, -0.1) is 10.2 Å². The van der Waals surface area contributed by atoms with E-state index in [4.69, 9.17) is 9.15 Å². The molecule has 10 heteroatoms. The molecule has 1 atom stereocenters. The molecule has 35 heavy (non-hydrogen) atoms. The lowest BCUT2D eigenvalue weighted by molar-refractivity contribution is 0.0970. The van der Waals surface area contributed by atoms with Gasteiger partial charge in [0, 0.05) is 6.42 Å². The topological polar surface area (TPSA) is 106 Å². The van der Waals surface area contributed by atoms with Crippen LogP contribution in [0, 0.1) is 11.7 Å². The molecule has 1 unspecified atom stereocenters. The number of anilines is 1. The Labute approximate surface area is 203 Å². The fraction of sp³-hybridized carbons (Fsp3) is 0.280. The normalized spacial score (nSPS) is 15.3. The Morgan fingerprint density at radius 2 is 2.00 bits per heavy atom. The van der Waals surface area contributed by atoms with Gasteiger partial charge in [0.15, 0.2) is 16.9 Å².